The van der Waals surface area contributed by atoms with Crippen LogP contribution in [0.25, 0.3) is 0 Å². The van der Waals surface area contributed by atoms with Crippen molar-refractivity contribution in [3.05, 3.63) is 29.8 Å². The van der Waals surface area contributed by atoms with Crippen LogP contribution in [-0.4, -0.2) is 41.5 Å². The predicted molar refractivity (Wildman–Crippen MR) is 84.6 cm³/mol. The van der Waals surface area contributed by atoms with E-state index in [-0.39, 0.29) is 6.09 Å². The van der Waals surface area contributed by atoms with E-state index in [1.165, 1.54) is 10.5 Å². The van der Waals surface area contributed by atoms with Crippen LogP contribution in [0.4, 0.5) is 4.79 Å². The van der Waals surface area contributed by atoms with E-state index < -0.39 is 5.60 Å². The number of likely N-dealkylation sites (tertiary alicyclic amines) is 1. The second-order valence-corrected chi connectivity index (χ2v) is 7.71. The van der Waals surface area contributed by atoms with Crippen molar-refractivity contribution in [2.24, 2.45) is 0 Å². The Bertz CT molecular complexity index is 535. The molecule has 2 aliphatic rings. The molecule has 1 amide bonds. The molecule has 0 aliphatic carbocycles. The van der Waals surface area contributed by atoms with E-state index in [1.54, 1.807) is 4.90 Å². The summed E-state index contributed by atoms with van der Waals surface area (Å²) in [5.74, 6) is 1.07. The van der Waals surface area contributed by atoms with Gasteiger partial charge >= 0.3 is 6.09 Å². The van der Waals surface area contributed by atoms with Crippen LogP contribution in [0.3, 0.4) is 0 Å². The summed E-state index contributed by atoms with van der Waals surface area (Å²) in [6.07, 6.45) is -0.207. The van der Waals surface area contributed by atoms with Crippen molar-refractivity contribution >= 4 is 17.9 Å². The molecule has 1 fully saturated rings. The van der Waals surface area contributed by atoms with E-state index in [9.17, 15) is 4.79 Å². The summed E-state index contributed by atoms with van der Waals surface area (Å²) in [6.45, 7) is 7.16. The van der Waals surface area contributed by atoms with Crippen LogP contribution in [0, 0.1) is 0 Å². The van der Waals surface area contributed by atoms with Crippen molar-refractivity contribution in [2.45, 2.75) is 43.4 Å². The minimum absolute atomic E-state index is 0.207. The minimum Gasteiger partial charge on any atom is -0.444 e. The summed E-state index contributed by atoms with van der Waals surface area (Å²) in [5.41, 5.74) is 0.967. The quantitative estimate of drug-likeness (QED) is 0.912. The van der Waals surface area contributed by atoms with Crippen LogP contribution in [0.15, 0.2) is 29.2 Å². The van der Waals surface area contributed by atoms with Crippen LogP contribution >= 0.6 is 11.8 Å². The van der Waals surface area contributed by atoms with Gasteiger partial charge in [0.25, 0.3) is 0 Å². The predicted octanol–water partition coefficient (Wildman–Crippen LogP) is 3.04. The molecule has 4 nitrogen and oxygen atoms in total. The molecule has 0 bridgehead atoms. The molecule has 0 spiro atoms. The van der Waals surface area contributed by atoms with Crippen molar-refractivity contribution in [3.63, 3.8) is 0 Å². The first-order valence-corrected chi connectivity index (χ1v) is 8.36. The van der Waals surface area contributed by atoms with Gasteiger partial charge in [0, 0.05) is 35.8 Å². The number of hydrogen-bond acceptors (Lipinski definition) is 4. The molecule has 3 rings (SSSR count). The van der Waals surface area contributed by atoms with E-state index >= 15 is 0 Å². The number of carbonyl (C=O) groups is 1. The fraction of sp³-hybridized carbons (Fsp3) is 0.562. The number of fused-ring (bicyclic) bond motifs is 1. The van der Waals surface area contributed by atoms with Crippen molar-refractivity contribution in [3.8, 4) is 0 Å². The Balaban J connectivity index is 1.49. The van der Waals surface area contributed by atoms with E-state index in [2.05, 4.69) is 29.6 Å². The van der Waals surface area contributed by atoms with Crippen LogP contribution in [-0.2, 0) is 4.74 Å². The van der Waals surface area contributed by atoms with Gasteiger partial charge in [-0.2, -0.15) is 0 Å². The average molecular weight is 306 g/mol. The van der Waals surface area contributed by atoms with Crippen molar-refractivity contribution in [2.75, 3.05) is 18.8 Å². The highest BCUT2D eigenvalue weighted by atomic mass is 32.2. The summed E-state index contributed by atoms with van der Waals surface area (Å²) in [7, 11) is 0. The van der Waals surface area contributed by atoms with Crippen LogP contribution in [0.5, 0.6) is 0 Å². The third-order valence-corrected chi connectivity index (χ3v) is 4.85. The smallest absolute Gasteiger partial charge is 0.410 e. The van der Waals surface area contributed by atoms with Gasteiger partial charge in [0.2, 0.25) is 0 Å². The molecule has 114 valence electrons. The lowest BCUT2D eigenvalue weighted by molar-refractivity contribution is 0.00441. The van der Waals surface area contributed by atoms with Crippen LogP contribution in [0.2, 0.25) is 0 Å². The van der Waals surface area contributed by atoms with Gasteiger partial charge < -0.3 is 15.0 Å². The number of ether oxygens (including phenoxy) is 1. The molecule has 1 unspecified atom stereocenters. The number of hydrogen-bond donors (Lipinski definition) is 1. The lowest BCUT2D eigenvalue weighted by Gasteiger charge is -2.41. The van der Waals surface area contributed by atoms with Gasteiger partial charge in [-0.1, -0.05) is 18.2 Å². The maximum Gasteiger partial charge on any atom is 0.410 e. The van der Waals surface area contributed by atoms with E-state index in [4.69, 9.17) is 4.74 Å². The molecule has 2 aliphatic heterocycles. The zero-order valence-electron chi connectivity index (χ0n) is 12.8. The molecule has 1 aromatic carbocycles. The SMILES string of the molecule is CC(C)(C)OC(=O)N1CC(NC2CSc3ccccc32)C1. The molecular formula is C16H22N2O2S. The second-order valence-electron chi connectivity index (χ2n) is 6.65. The maximum absolute atomic E-state index is 11.9. The number of benzene rings is 1. The van der Waals surface area contributed by atoms with Gasteiger partial charge in [-0.25, -0.2) is 4.79 Å². The first-order valence-electron chi connectivity index (χ1n) is 7.38. The number of amides is 1. The third-order valence-electron chi connectivity index (χ3n) is 3.67. The van der Waals surface area contributed by atoms with Crippen LogP contribution < -0.4 is 5.32 Å². The number of thioether (sulfide) groups is 1. The molecule has 1 saturated heterocycles. The molecule has 5 heteroatoms. The lowest BCUT2D eigenvalue weighted by atomic mass is 10.0. The molecule has 0 aromatic heterocycles. The molecular weight excluding hydrogens is 284 g/mol. The highest BCUT2D eigenvalue weighted by Gasteiger charge is 2.36. The van der Waals surface area contributed by atoms with E-state index in [0.29, 0.717) is 12.1 Å². The minimum atomic E-state index is -0.420. The van der Waals surface area contributed by atoms with Crippen molar-refractivity contribution < 1.29 is 9.53 Å². The lowest BCUT2D eigenvalue weighted by Crippen LogP contribution is -2.61. The molecule has 2 heterocycles. The van der Waals surface area contributed by atoms with Crippen molar-refractivity contribution in [1.29, 1.82) is 0 Å². The first kappa shape index (κ1) is 14.7. The van der Waals surface area contributed by atoms with Crippen LogP contribution in [0.1, 0.15) is 32.4 Å². The molecule has 1 aromatic rings. The number of nitrogens with zero attached hydrogens (tertiary/aromatic N) is 1. The normalized spacial score (nSPS) is 21.9. The number of rotatable bonds is 2. The Morgan fingerprint density at radius 1 is 1.33 bits per heavy atom. The Morgan fingerprint density at radius 3 is 2.76 bits per heavy atom. The first-order chi connectivity index (χ1) is 9.92. The Labute approximate surface area is 130 Å². The Kier molecular flexibility index (Phi) is 3.88. The van der Waals surface area contributed by atoms with E-state index in [0.717, 1.165) is 18.8 Å². The van der Waals surface area contributed by atoms with Crippen molar-refractivity contribution in [1.82, 2.24) is 10.2 Å². The number of nitrogens with one attached hydrogen (secondary N) is 1. The highest BCUT2D eigenvalue weighted by molar-refractivity contribution is 7.99. The zero-order valence-corrected chi connectivity index (χ0v) is 13.6. The van der Waals surface area contributed by atoms with Gasteiger partial charge in [0.15, 0.2) is 0 Å². The highest BCUT2D eigenvalue weighted by Crippen LogP contribution is 2.38. The summed E-state index contributed by atoms with van der Waals surface area (Å²) >= 11 is 1.90. The molecule has 1 N–H and O–H groups in total. The molecule has 1 atom stereocenters. The standard InChI is InChI=1S/C16H22N2O2S/c1-16(2,3)20-15(19)18-8-11(9-18)17-13-10-21-14-7-5-4-6-12(13)14/h4-7,11,13,17H,8-10H2,1-3H3. The Morgan fingerprint density at radius 2 is 2.05 bits per heavy atom. The Hall–Kier alpha value is -1.20. The summed E-state index contributed by atoms with van der Waals surface area (Å²) < 4.78 is 5.37. The van der Waals surface area contributed by atoms with Gasteiger partial charge in [-0.3, -0.25) is 0 Å². The van der Waals surface area contributed by atoms with E-state index in [1.807, 2.05) is 32.5 Å². The fourth-order valence-corrected chi connectivity index (χ4v) is 3.82. The summed E-state index contributed by atoms with van der Waals surface area (Å²) in [6, 6.07) is 9.31. The molecule has 0 saturated carbocycles. The number of carbonyl (C=O) groups excluding carboxylic acids is 1. The largest absolute Gasteiger partial charge is 0.444 e. The molecule has 0 radical (unpaired) electrons. The zero-order chi connectivity index (χ0) is 15.0. The molecule has 21 heavy (non-hydrogen) atoms. The maximum atomic E-state index is 11.9. The van der Waals surface area contributed by atoms with Gasteiger partial charge in [-0.05, 0) is 32.4 Å². The topological polar surface area (TPSA) is 41.6 Å². The second kappa shape index (κ2) is 5.54. The van der Waals surface area contributed by atoms with Gasteiger partial charge in [-0.15, -0.1) is 11.8 Å². The summed E-state index contributed by atoms with van der Waals surface area (Å²) in [5, 5.41) is 3.65. The average Bonchev–Trinajstić information content (AvgIpc) is 2.74. The monoisotopic (exact) mass is 306 g/mol. The third kappa shape index (κ3) is 3.35. The van der Waals surface area contributed by atoms with Gasteiger partial charge in [0.05, 0.1) is 0 Å². The van der Waals surface area contributed by atoms with Gasteiger partial charge in [0.1, 0.15) is 5.60 Å². The fourth-order valence-electron chi connectivity index (χ4n) is 2.64. The summed E-state index contributed by atoms with van der Waals surface area (Å²) in [4.78, 5) is 15.0.